The van der Waals surface area contributed by atoms with Crippen molar-refractivity contribution in [1.82, 2.24) is 0 Å². The maximum Gasteiger partial charge on any atom is 0.398 e. The maximum absolute atomic E-state index is 4.48. The van der Waals surface area contributed by atoms with Crippen LogP contribution in [0.1, 0.15) is 0 Å². The third kappa shape index (κ3) is 0.668. The monoisotopic (exact) mass is 110 g/mol. The van der Waals surface area contributed by atoms with Crippen molar-refractivity contribution in [3.8, 4) is 0 Å². The second-order valence-corrected chi connectivity index (χ2v) is 1.73. The number of hydrogen-bond donors (Lipinski definition) is 0. The van der Waals surface area contributed by atoms with E-state index in [4.69, 9.17) is 0 Å². The Bertz CT molecular complexity index is 40.1. The highest BCUT2D eigenvalue weighted by atomic mass is 31.2. The van der Waals surface area contributed by atoms with Crippen LogP contribution in [0.5, 0.6) is 0 Å². The minimum atomic E-state index is -1.12. The van der Waals surface area contributed by atoms with Gasteiger partial charge in [-0.2, -0.15) is 0 Å². The highest BCUT2D eigenvalue weighted by molar-refractivity contribution is 7.42. The Morgan fingerprint density at radius 3 is 2.17 bits per heavy atom. The molecule has 0 radical (unpaired) electrons. The van der Waals surface area contributed by atoms with Crippen molar-refractivity contribution in [3.05, 3.63) is 0 Å². The summed E-state index contributed by atoms with van der Waals surface area (Å²) in [6.45, 7) is 0. The van der Waals surface area contributed by atoms with Gasteiger partial charge in [0.2, 0.25) is 0 Å². The predicted octanol–water partition coefficient (Wildman–Crippen LogP) is 0.753. The van der Waals surface area contributed by atoms with Crippen LogP contribution in [0, 0.1) is 0 Å². The molecule has 0 aliphatic carbocycles. The summed E-state index contributed by atoms with van der Waals surface area (Å²) in [5.74, 6) is 0. The minimum absolute atomic E-state index is 1.12. The molecule has 0 atom stereocenters. The molecule has 1 aliphatic rings. The lowest BCUT2D eigenvalue weighted by Crippen LogP contribution is -2.02. The summed E-state index contributed by atoms with van der Waals surface area (Å²) in [4.78, 5) is 0. The van der Waals surface area contributed by atoms with E-state index in [0.717, 1.165) is 0 Å². The van der Waals surface area contributed by atoms with Crippen LogP contribution < -0.4 is 0 Å². The number of hydrogen-bond acceptors (Lipinski definition) is 4. The fourth-order valence-electron chi connectivity index (χ4n) is 0.116. The van der Waals surface area contributed by atoms with Crippen LogP contribution >= 0.6 is 8.60 Å². The Hall–Kier alpha value is 0.270. The molecular formula is CH3O4P. The zero-order chi connectivity index (χ0) is 4.41. The summed E-state index contributed by atoms with van der Waals surface area (Å²) in [7, 11) is 0.363. The molecule has 0 saturated carbocycles. The smallest absolute Gasteiger partial charge is 0.312 e. The molecule has 1 aliphatic heterocycles. The molecule has 1 rings (SSSR count). The molecule has 1 saturated heterocycles. The summed E-state index contributed by atoms with van der Waals surface area (Å²) < 4.78 is 12.9. The first kappa shape index (κ1) is 4.43. The van der Waals surface area contributed by atoms with Crippen molar-refractivity contribution in [3.63, 3.8) is 0 Å². The molecule has 0 unspecified atom stereocenters. The highest BCUT2D eigenvalue weighted by Gasteiger charge is 2.23. The lowest BCUT2D eigenvalue weighted by molar-refractivity contribution is -0.488. The summed E-state index contributed by atoms with van der Waals surface area (Å²) in [5, 5.41) is 3.83. The van der Waals surface area contributed by atoms with E-state index < -0.39 is 8.60 Å². The van der Waals surface area contributed by atoms with Gasteiger partial charge in [0.05, 0.1) is 0 Å². The molecule has 0 spiro atoms. The Balaban J connectivity index is 2.01. The van der Waals surface area contributed by atoms with Crippen molar-refractivity contribution in [2.75, 3.05) is 7.11 Å². The molecule has 0 aromatic heterocycles. The van der Waals surface area contributed by atoms with Crippen LogP contribution in [0.25, 0.3) is 0 Å². The normalized spacial score (nSPS) is 23.5. The molecule has 1 heterocycles. The fourth-order valence-corrected chi connectivity index (χ4v) is 0.348. The third-order valence-electron chi connectivity index (χ3n) is 0.332. The van der Waals surface area contributed by atoms with Gasteiger partial charge in [-0.3, -0.25) is 0 Å². The first-order chi connectivity index (χ1) is 2.93. The summed E-state index contributed by atoms with van der Waals surface area (Å²) in [5.41, 5.74) is 0. The van der Waals surface area contributed by atoms with Gasteiger partial charge in [0.25, 0.3) is 0 Å². The Morgan fingerprint density at radius 2 is 2.17 bits per heavy atom. The third-order valence-corrected chi connectivity index (χ3v) is 0.995. The van der Waals surface area contributed by atoms with E-state index in [9.17, 15) is 0 Å². The minimum Gasteiger partial charge on any atom is -0.312 e. The van der Waals surface area contributed by atoms with E-state index in [2.05, 4.69) is 18.9 Å². The van der Waals surface area contributed by atoms with Crippen molar-refractivity contribution in [2.24, 2.45) is 0 Å². The van der Waals surface area contributed by atoms with Gasteiger partial charge >= 0.3 is 8.60 Å². The number of rotatable bonds is 1. The van der Waals surface area contributed by atoms with Crippen LogP contribution in [0.15, 0.2) is 0 Å². The lowest BCUT2D eigenvalue weighted by atomic mass is 11.8. The molecule has 0 aromatic carbocycles. The highest BCUT2D eigenvalue weighted by Crippen LogP contribution is 2.47. The summed E-state index contributed by atoms with van der Waals surface area (Å²) >= 11 is 0. The van der Waals surface area contributed by atoms with Crippen LogP contribution in [0.2, 0.25) is 0 Å². The van der Waals surface area contributed by atoms with E-state index in [0.29, 0.717) is 0 Å². The Labute approximate surface area is 35.8 Å². The first-order valence-electron chi connectivity index (χ1n) is 1.29. The quantitative estimate of drug-likeness (QED) is 0.368. The average Bonchev–Trinajstić information content (AvgIpc) is 1.31. The second kappa shape index (κ2) is 1.82. The Morgan fingerprint density at radius 1 is 1.50 bits per heavy atom. The van der Waals surface area contributed by atoms with Gasteiger partial charge in [0.15, 0.2) is 0 Å². The van der Waals surface area contributed by atoms with Gasteiger partial charge in [-0.15, -0.1) is 9.35 Å². The van der Waals surface area contributed by atoms with E-state index in [1.165, 1.54) is 7.11 Å². The SMILES string of the molecule is COP1OOO1. The van der Waals surface area contributed by atoms with E-state index >= 15 is 0 Å². The standard InChI is InChI=1S/CH3O4P/c1-2-6-4-3-5-6/h1H3. The van der Waals surface area contributed by atoms with Crippen molar-refractivity contribution in [2.45, 2.75) is 0 Å². The van der Waals surface area contributed by atoms with Crippen molar-refractivity contribution in [1.29, 1.82) is 0 Å². The lowest BCUT2D eigenvalue weighted by Gasteiger charge is -2.16. The second-order valence-electron chi connectivity index (χ2n) is 0.623. The molecular weight excluding hydrogens is 107 g/mol. The average molecular weight is 110 g/mol. The molecule has 0 bridgehead atoms. The van der Waals surface area contributed by atoms with Crippen LogP contribution in [0.3, 0.4) is 0 Å². The van der Waals surface area contributed by atoms with Crippen molar-refractivity contribution >= 4 is 8.60 Å². The van der Waals surface area contributed by atoms with Crippen LogP contribution in [-0.4, -0.2) is 7.11 Å². The van der Waals surface area contributed by atoms with E-state index in [-0.39, 0.29) is 0 Å². The van der Waals surface area contributed by atoms with Gasteiger partial charge in [0.1, 0.15) is 0 Å². The van der Waals surface area contributed by atoms with Crippen LogP contribution in [0.4, 0.5) is 0 Å². The molecule has 6 heavy (non-hydrogen) atoms. The van der Waals surface area contributed by atoms with E-state index in [1.807, 2.05) is 0 Å². The molecule has 0 aromatic rings. The largest absolute Gasteiger partial charge is 0.398 e. The maximum atomic E-state index is 4.48. The Kier molecular flexibility index (Phi) is 1.34. The summed E-state index contributed by atoms with van der Waals surface area (Å²) in [6, 6.07) is 0. The van der Waals surface area contributed by atoms with Gasteiger partial charge < -0.3 is 4.52 Å². The fraction of sp³-hybridized carbons (Fsp3) is 1.00. The van der Waals surface area contributed by atoms with E-state index in [1.54, 1.807) is 0 Å². The molecule has 36 valence electrons. The van der Waals surface area contributed by atoms with Crippen molar-refractivity contribution < 1.29 is 18.9 Å². The molecule has 4 nitrogen and oxygen atoms in total. The van der Waals surface area contributed by atoms with Gasteiger partial charge in [0, 0.05) is 7.11 Å². The zero-order valence-corrected chi connectivity index (χ0v) is 3.97. The molecule has 1 fully saturated rings. The zero-order valence-electron chi connectivity index (χ0n) is 3.08. The topological polar surface area (TPSA) is 36.9 Å². The molecule has 0 N–H and O–H groups in total. The van der Waals surface area contributed by atoms with Gasteiger partial charge in [-0.1, -0.05) is 5.04 Å². The predicted molar refractivity (Wildman–Crippen MR) is 17.2 cm³/mol. The van der Waals surface area contributed by atoms with Gasteiger partial charge in [-0.25, -0.2) is 0 Å². The molecule has 0 amide bonds. The summed E-state index contributed by atoms with van der Waals surface area (Å²) in [6.07, 6.45) is 0. The van der Waals surface area contributed by atoms with Crippen LogP contribution in [-0.2, 0) is 18.9 Å². The van der Waals surface area contributed by atoms with Gasteiger partial charge in [-0.05, 0) is 0 Å². The molecule has 5 heteroatoms. The first-order valence-corrected chi connectivity index (χ1v) is 2.38.